The summed E-state index contributed by atoms with van der Waals surface area (Å²) in [5.41, 5.74) is 4.95. The molecule has 2 atom stereocenters. The summed E-state index contributed by atoms with van der Waals surface area (Å²) in [6, 6.07) is 9.82. The maximum Gasteiger partial charge on any atom is 0.159 e. The summed E-state index contributed by atoms with van der Waals surface area (Å²) >= 11 is 0. The molecule has 2 heterocycles. The number of benzene rings is 2. The lowest BCUT2D eigenvalue weighted by atomic mass is 10.1. The van der Waals surface area contributed by atoms with Crippen LogP contribution >= 0.6 is 0 Å². The van der Waals surface area contributed by atoms with Crippen LogP contribution in [0.4, 0.5) is 5.69 Å². The van der Waals surface area contributed by atoms with Crippen molar-refractivity contribution in [2.24, 2.45) is 0 Å². The van der Waals surface area contributed by atoms with E-state index in [0.717, 1.165) is 38.8 Å². The van der Waals surface area contributed by atoms with E-state index in [1.807, 2.05) is 30.3 Å². The monoisotopic (exact) mass is 323 g/mol. The second-order valence-corrected chi connectivity index (χ2v) is 6.62. The van der Waals surface area contributed by atoms with Gasteiger partial charge >= 0.3 is 0 Å². The van der Waals surface area contributed by atoms with Gasteiger partial charge in [-0.1, -0.05) is 30.3 Å². The molecule has 0 amide bonds. The van der Waals surface area contributed by atoms with Crippen LogP contribution in [0.3, 0.4) is 0 Å². The van der Waals surface area contributed by atoms with Gasteiger partial charge in [0.25, 0.3) is 0 Å². The molecule has 0 saturated carbocycles. The average Bonchev–Trinajstić information content (AvgIpc) is 3.15. The van der Waals surface area contributed by atoms with Crippen LogP contribution in [0, 0.1) is 13.8 Å². The minimum atomic E-state index is -2.04. The molecule has 124 valence electrons. The van der Waals surface area contributed by atoms with Crippen LogP contribution < -0.4 is 4.90 Å². The van der Waals surface area contributed by atoms with Crippen LogP contribution in [0.5, 0.6) is 0 Å². The number of rotatable bonds is 2. The molecule has 1 aliphatic rings. The van der Waals surface area contributed by atoms with Crippen molar-refractivity contribution in [2.45, 2.75) is 46.8 Å². The minimum Gasteiger partial charge on any atom is -0.454 e. The first-order valence-corrected chi connectivity index (χ1v) is 8.35. The Morgan fingerprint density at radius 3 is 2.62 bits per heavy atom. The number of anilines is 1. The highest BCUT2D eigenvalue weighted by molar-refractivity contribution is 6.10. The first kappa shape index (κ1) is 12.0. The van der Waals surface area contributed by atoms with Crippen molar-refractivity contribution < 1.29 is 8.53 Å². The fourth-order valence-corrected chi connectivity index (χ4v) is 3.66. The van der Waals surface area contributed by atoms with Crippen LogP contribution in [-0.4, -0.2) is 17.1 Å². The molecule has 1 aromatic heterocycles. The highest BCUT2D eigenvalue weighted by atomic mass is 16.3. The zero-order chi connectivity index (χ0) is 19.5. The summed E-state index contributed by atoms with van der Waals surface area (Å²) < 4.78 is 29.6. The lowest BCUT2D eigenvalue weighted by Crippen LogP contribution is -2.39. The Kier molecular flexibility index (Phi) is 2.65. The fourth-order valence-electron chi connectivity index (χ4n) is 3.66. The number of fused-ring (bicyclic) bond motifs is 3. The molecule has 4 rings (SSSR count). The van der Waals surface area contributed by atoms with Crippen molar-refractivity contribution in [1.29, 1.82) is 0 Å². The van der Waals surface area contributed by atoms with E-state index in [0.29, 0.717) is 0 Å². The van der Waals surface area contributed by atoms with Gasteiger partial charge in [-0.3, -0.25) is 0 Å². The van der Waals surface area contributed by atoms with Gasteiger partial charge in [-0.25, -0.2) is 0 Å². The fraction of sp³-hybridized carbons (Fsp3) is 0.333. The molecule has 3 heteroatoms. The van der Waals surface area contributed by atoms with E-state index in [2.05, 4.69) is 43.0 Å². The SMILES string of the molecule is [2H]C([2H])([2H])C(C)N1C=CN(c2c(C)ccc3c2oc2c(C)cccc23)[C@@H]1C. The average molecular weight is 323 g/mol. The number of nitrogens with zero attached hydrogens (tertiary/aromatic N) is 2. The summed E-state index contributed by atoms with van der Waals surface area (Å²) in [7, 11) is 0. The lowest BCUT2D eigenvalue weighted by Gasteiger charge is -2.33. The van der Waals surface area contributed by atoms with Gasteiger partial charge < -0.3 is 14.2 Å². The highest BCUT2D eigenvalue weighted by Gasteiger charge is 2.28. The van der Waals surface area contributed by atoms with Crippen molar-refractivity contribution in [3.05, 3.63) is 53.9 Å². The third-order valence-corrected chi connectivity index (χ3v) is 4.98. The van der Waals surface area contributed by atoms with Crippen LogP contribution in [0.2, 0.25) is 0 Å². The summed E-state index contributed by atoms with van der Waals surface area (Å²) in [4.78, 5) is 4.00. The van der Waals surface area contributed by atoms with E-state index in [1.165, 1.54) is 0 Å². The Balaban J connectivity index is 1.85. The van der Waals surface area contributed by atoms with Gasteiger partial charge in [0.15, 0.2) is 5.58 Å². The zero-order valence-corrected chi connectivity index (χ0v) is 14.5. The Morgan fingerprint density at radius 1 is 1.04 bits per heavy atom. The number of hydrogen-bond acceptors (Lipinski definition) is 3. The first-order chi connectivity index (χ1) is 12.7. The molecule has 2 aromatic carbocycles. The molecule has 0 N–H and O–H groups in total. The van der Waals surface area contributed by atoms with E-state index < -0.39 is 12.9 Å². The molecule has 3 aromatic rings. The molecule has 24 heavy (non-hydrogen) atoms. The van der Waals surface area contributed by atoms with E-state index >= 15 is 0 Å². The van der Waals surface area contributed by atoms with Crippen molar-refractivity contribution in [3.8, 4) is 0 Å². The Hall–Kier alpha value is -2.42. The molecule has 0 fully saturated rings. The maximum atomic E-state index is 7.75. The zero-order valence-electron chi connectivity index (χ0n) is 17.5. The topological polar surface area (TPSA) is 19.6 Å². The molecule has 1 aliphatic heterocycles. The molecule has 0 radical (unpaired) electrons. The first-order valence-electron chi connectivity index (χ1n) is 9.85. The normalized spacial score (nSPS) is 21.3. The summed E-state index contributed by atoms with van der Waals surface area (Å²) in [5, 5.41) is 2.19. The van der Waals surface area contributed by atoms with Crippen molar-refractivity contribution in [1.82, 2.24) is 4.90 Å². The molecule has 0 saturated heterocycles. The third-order valence-electron chi connectivity index (χ3n) is 4.98. The Labute approximate surface area is 147 Å². The van der Waals surface area contributed by atoms with Gasteiger partial charge in [0.1, 0.15) is 11.7 Å². The molecular formula is C21H24N2O. The number of aryl methyl sites for hydroxylation is 2. The number of para-hydroxylation sites is 1. The quantitative estimate of drug-likeness (QED) is 0.616. The van der Waals surface area contributed by atoms with Crippen LogP contribution in [0.25, 0.3) is 21.9 Å². The van der Waals surface area contributed by atoms with Crippen molar-refractivity contribution in [2.75, 3.05) is 4.90 Å². The second-order valence-electron chi connectivity index (χ2n) is 6.62. The summed E-state index contributed by atoms with van der Waals surface area (Å²) in [6.07, 6.45) is 3.71. The van der Waals surface area contributed by atoms with E-state index in [4.69, 9.17) is 8.53 Å². The Morgan fingerprint density at radius 2 is 1.83 bits per heavy atom. The molecule has 0 aliphatic carbocycles. The maximum absolute atomic E-state index is 7.75. The van der Waals surface area contributed by atoms with Crippen molar-refractivity contribution >= 4 is 27.6 Å². The number of hydrogen-bond donors (Lipinski definition) is 0. The molecule has 0 bridgehead atoms. The highest BCUT2D eigenvalue weighted by Crippen LogP contribution is 2.40. The third kappa shape index (κ3) is 2.04. The van der Waals surface area contributed by atoms with Crippen LogP contribution in [-0.2, 0) is 0 Å². The van der Waals surface area contributed by atoms with Gasteiger partial charge in [0, 0.05) is 33.3 Å². The van der Waals surface area contributed by atoms with E-state index in [1.54, 1.807) is 6.92 Å². The molecule has 1 unspecified atom stereocenters. The predicted octanol–water partition coefficient (Wildman–Crippen LogP) is 5.55. The standard InChI is InChI=1S/C21H24N2O/c1-13(2)22-11-12-23(16(22)5)19-14(3)9-10-18-17-8-6-7-15(4)20(17)24-21(18)19/h6-13,16H,1-5H3/t16-/m1/s1/i1D3/t13?,16-. The molecule has 0 spiro atoms. The molecule has 3 nitrogen and oxygen atoms in total. The minimum absolute atomic E-state index is 0.112. The second kappa shape index (κ2) is 5.30. The van der Waals surface area contributed by atoms with E-state index in [9.17, 15) is 0 Å². The van der Waals surface area contributed by atoms with Gasteiger partial charge in [-0.2, -0.15) is 0 Å². The van der Waals surface area contributed by atoms with Gasteiger partial charge in [-0.15, -0.1) is 0 Å². The van der Waals surface area contributed by atoms with Crippen LogP contribution in [0.15, 0.2) is 47.1 Å². The lowest BCUT2D eigenvalue weighted by molar-refractivity contribution is 0.263. The largest absolute Gasteiger partial charge is 0.454 e. The number of furan rings is 1. The van der Waals surface area contributed by atoms with Crippen LogP contribution in [0.1, 0.15) is 35.9 Å². The predicted molar refractivity (Wildman–Crippen MR) is 101 cm³/mol. The summed E-state index contributed by atoms with van der Waals surface area (Å²) in [5.74, 6) is 0. The van der Waals surface area contributed by atoms with Gasteiger partial charge in [0.2, 0.25) is 0 Å². The smallest absolute Gasteiger partial charge is 0.159 e. The Bertz CT molecular complexity index is 1050. The molecular weight excluding hydrogens is 296 g/mol. The van der Waals surface area contributed by atoms with Gasteiger partial charge in [0.05, 0.1) is 5.69 Å². The van der Waals surface area contributed by atoms with Gasteiger partial charge in [-0.05, 0) is 45.7 Å². The van der Waals surface area contributed by atoms with Crippen molar-refractivity contribution in [3.63, 3.8) is 0 Å². The summed E-state index contributed by atoms with van der Waals surface area (Å²) in [6.45, 7) is 5.84. The van der Waals surface area contributed by atoms with E-state index in [-0.39, 0.29) is 6.17 Å².